The average Bonchev–Trinajstić information content (AvgIpc) is 2.90. The predicted octanol–water partition coefficient (Wildman–Crippen LogP) is 3.98. The molecule has 3 aromatic rings. The van der Waals surface area contributed by atoms with E-state index in [9.17, 15) is 4.79 Å². The van der Waals surface area contributed by atoms with Crippen LogP contribution in [0.3, 0.4) is 0 Å². The number of aromatic nitrogens is 1. The van der Waals surface area contributed by atoms with Crippen molar-refractivity contribution in [2.45, 2.75) is 20.4 Å². The lowest BCUT2D eigenvalue weighted by atomic mass is 10.1. The van der Waals surface area contributed by atoms with Gasteiger partial charge in [0.25, 0.3) is 0 Å². The minimum atomic E-state index is -0.0399. The van der Waals surface area contributed by atoms with Crippen molar-refractivity contribution in [3.63, 3.8) is 0 Å². The van der Waals surface area contributed by atoms with Gasteiger partial charge in [0.1, 0.15) is 0 Å². The van der Waals surface area contributed by atoms with Crippen molar-refractivity contribution in [3.05, 3.63) is 59.2 Å². The summed E-state index contributed by atoms with van der Waals surface area (Å²) in [6.07, 6.45) is 0. The van der Waals surface area contributed by atoms with E-state index < -0.39 is 0 Å². The highest BCUT2D eigenvalue weighted by Gasteiger charge is 2.12. The lowest BCUT2D eigenvalue weighted by molar-refractivity contribution is -0.117. The van der Waals surface area contributed by atoms with Gasteiger partial charge in [-0.15, -0.1) is 0 Å². The van der Waals surface area contributed by atoms with E-state index in [-0.39, 0.29) is 5.91 Å². The highest BCUT2D eigenvalue weighted by molar-refractivity contribution is 7.22. The van der Waals surface area contributed by atoms with Gasteiger partial charge in [-0.1, -0.05) is 47.7 Å². The van der Waals surface area contributed by atoms with Crippen molar-refractivity contribution in [1.82, 2.24) is 9.88 Å². The number of hydrogen-bond acceptors (Lipinski definition) is 4. The van der Waals surface area contributed by atoms with E-state index in [2.05, 4.69) is 41.5 Å². The summed E-state index contributed by atoms with van der Waals surface area (Å²) in [5.41, 5.74) is 4.52. The molecule has 124 valence electrons. The van der Waals surface area contributed by atoms with Crippen molar-refractivity contribution in [2.75, 3.05) is 18.9 Å². The summed E-state index contributed by atoms with van der Waals surface area (Å²) in [6.45, 7) is 5.20. The molecular weight excluding hydrogens is 318 g/mol. The van der Waals surface area contributed by atoms with Crippen LogP contribution in [-0.4, -0.2) is 29.4 Å². The molecule has 0 bridgehead atoms. The topological polar surface area (TPSA) is 45.2 Å². The first-order chi connectivity index (χ1) is 11.5. The maximum Gasteiger partial charge on any atom is 0.240 e. The smallest absolute Gasteiger partial charge is 0.240 e. The van der Waals surface area contributed by atoms with Crippen LogP contribution in [0.2, 0.25) is 0 Å². The van der Waals surface area contributed by atoms with Gasteiger partial charge in [0.2, 0.25) is 5.91 Å². The second-order valence-corrected chi connectivity index (χ2v) is 7.18. The molecule has 0 saturated heterocycles. The predicted molar refractivity (Wildman–Crippen MR) is 100 cm³/mol. The van der Waals surface area contributed by atoms with Crippen molar-refractivity contribution in [3.8, 4) is 0 Å². The van der Waals surface area contributed by atoms with Gasteiger partial charge >= 0.3 is 0 Å². The number of carbonyl (C=O) groups excluding carboxylic acids is 1. The zero-order chi connectivity index (χ0) is 17.1. The molecule has 0 aliphatic heterocycles. The molecule has 1 N–H and O–H groups in total. The zero-order valence-corrected chi connectivity index (χ0v) is 15.0. The van der Waals surface area contributed by atoms with Gasteiger partial charge in [0.05, 0.1) is 16.8 Å². The van der Waals surface area contributed by atoms with Gasteiger partial charge in [-0.2, -0.15) is 0 Å². The maximum absolute atomic E-state index is 12.3. The third-order valence-electron chi connectivity index (χ3n) is 3.79. The van der Waals surface area contributed by atoms with Gasteiger partial charge in [0.15, 0.2) is 5.13 Å². The Kier molecular flexibility index (Phi) is 4.92. The Morgan fingerprint density at radius 2 is 1.96 bits per heavy atom. The lowest BCUT2D eigenvalue weighted by Gasteiger charge is -2.15. The summed E-state index contributed by atoms with van der Waals surface area (Å²) in [7, 11) is 1.94. The van der Waals surface area contributed by atoms with Crippen LogP contribution in [0.4, 0.5) is 5.13 Å². The number of benzene rings is 2. The van der Waals surface area contributed by atoms with Gasteiger partial charge in [-0.3, -0.25) is 9.69 Å². The third-order valence-corrected chi connectivity index (χ3v) is 4.70. The lowest BCUT2D eigenvalue weighted by Crippen LogP contribution is -2.29. The van der Waals surface area contributed by atoms with Gasteiger partial charge in [-0.05, 0) is 43.7 Å². The Balaban J connectivity index is 1.63. The molecule has 0 fully saturated rings. The summed E-state index contributed by atoms with van der Waals surface area (Å²) < 4.78 is 1.11. The van der Waals surface area contributed by atoms with Crippen molar-refractivity contribution < 1.29 is 4.79 Å². The summed E-state index contributed by atoms with van der Waals surface area (Å²) in [4.78, 5) is 18.8. The summed E-state index contributed by atoms with van der Waals surface area (Å²) in [5, 5.41) is 3.59. The minimum Gasteiger partial charge on any atom is -0.301 e. The van der Waals surface area contributed by atoms with Gasteiger partial charge in [-0.25, -0.2) is 4.98 Å². The Bertz CT molecular complexity index is 858. The first kappa shape index (κ1) is 16.6. The first-order valence-electron chi connectivity index (χ1n) is 7.91. The summed E-state index contributed by atoms with van der Waals surface area (Å²) in [6, 6.07) is 14.4. The van der Waals surface area contributed by atoms with E-state index in [0.29, 0.717) is 11.7 Å². The van der Waals surface area contributed by atoms with Crippen LogP contribution < -0.4 is 5.32 Å². The number of amides is 1. The molecule has 0 aliphatic carbocycles. The molecule has 0 aliphatic rings. The van der Waals surface area contributed by atoms with Crippen LogP contribution >= 0.6 is 11.3 Å². The number of anilines is 1. The SMILES string of the molecule is Cc1cc(C)c2nc(NC(=O)CN(C)Cc3ccccc3)sc2c1. The number of aryl methyl sites for hydroxylation is 2. The fourth-order valence-electron chi connectivity index (χ4n) is 2.78. The Hall–Kier alpha value is -2.24. The molecule has 1 amide bonds. The molecule has 5 heteroatoms. The minimum absolute atomic E-state index is 0.0399. The van der Waals surface area contributed by atoms with E-state index >= 15 is 0 Å². The second-order valence-electron chi connectivity index (χ2n) is 6.15. The average molecular weight is 339 g/mol. The van der Waals surface area contributed by atoms with Gasteiger partial charge < -0.3 is 5.32 Å². The molecule has 0 unspecified atom stereocenters. The molecule has 3 rings (SSSR count). The van der Waals surface area contributed by atoms with Crippen LogP contribution in [0.15, 0.2) is 42.5 Å². The number of hydrogen-bond donors (Lipinski definition) is 1. The summed E-state index contributed by atoms with van der Waals surface area (Å²) in [5.74, 6) is -0.0399. The highest BCUT2D eigenvalue weighted by Crippen LogP contribution is 2.29. The monoisotopic (exact) mass is 339 g/mol. The number of fused-ring (bicyclic) bond motifs is 1. The van der Waals surface area contributed by atoms with E-state index in [1.807, 2.05) is 37.1 Å². The van der Waals surface area contributed by atoms with Crippen LogP contribution in [0.25, 0.3) is 10.2 Å². The molecule has 1 aromatic heterocycles. The molecule has 0 spiro atoms. The Morgan fingerprint density at radius 1 is 1.21 bits per heavy atom. The van der Waals surface area contributed by atoms with E-state index in [0.717, 1.165) is 22.3 Å². The molecule has 2 aromatic carbocycles. The molecule has 4 nitrogen and oxygen atoms in total. The molecular formula is C19H21N3OS. The van der Waals surface area contributed by atoms with Crippen LogP contribution in [-0.2, 0) is 11.3 Å². The normalized spacial score (nSPS) is 11.2. The summed E-state index contributed by atoms with van der Waals surface area (Å²) >= 11 is 1.52. The largest absolute Gasteiger partial charge is 0.301 e. The number of thiazole rings is 1. The van der Waals surface area contributed by atoms with E-state index in [4.69, 9.17) is 0 Å². The number of nitrogens with zero attached hydrogens (tertiary/aromatic N) is 2. The fourth-order valence-corrected chi connectivity index (χ4v) is 3.84. The standard InChI is InChI=1S/C19H21N3OS/c1-13-9-14(2)18-16(10-13)24-19(21-18)20-17(23)12-22(3)11-15-7-5-4-6-8-15/h4-10H,11-12H2,1-3H3,(H,20,21,23). The van der Waals surface area contributed by atoms with Gasteiger partial charge in [0, 0.05) is 6.54 Å². The molecule has 1 heterocycles. The molecule has 24 heavy (non-hydrogen) atoms. The quantitative estimate of drug-likeness (QED) is 0.764. The fraction of sp³-hybridized carbons (Fsp3) is 0.263. The molecule has 0 saturated carbocycles. The number of nitrogens with one attached hydrogen (secondary N) is 1. The zero-order valence-electron chi connectivity index (χ0n) is 14.2. The van der Waals surface area contributed by atoms with Crippen molar-refractivity contribution in [1.29, 1.82) is 0 Å². The third kappa shape index (κ3) is 3.99. The van der Waals surface area contributed by atoms with E-state index in [1.54, 1.807) is 0 Å². The molecule has 0 atom stereocenters. The van der Waals surface area contributed by atoms with Crippen molar-refractivity contribution >= 4 is 32.6 Å². The second kappa shape index (κ2) is 7.11. The Labute approximate surface area is 146 Å². The highest BCUT2D eigenvalue weighted by atomic mass is 32.1. The van der Waals surface area contributed by atoms with Crippen LogP contribution in [0.5, 0.6) is 0 Å². The van der Waals surface area contributed by atoms with E-state index in [1.165, 1.54) is 22.5 Å². The molecule has 0 radical (unpaired) electrons. The number of rotatable bonds is 5. The number of likely N-dealkylation sites (N-methyl/N-ethyl adjacent to an activating group) is 1. The number of carbonyl (C=O) groups is 1. The Morgan fingerprint density at radius 3 is 2.71 bits per heavy atom. The van der Waals surface area contributed by atoms with Crippen LogP contribution in [0, 0.1) is 13.8 Å². The maximum atomic E-state index is 12.3. The van der Waals surface area contributed by atoms with Crippen molar-refractivity contribution in [2.24, 2.45) is 0 Å². The van der Waals surface area contributed by atoms with Crippen LogP contribution in [0.1, 0.15) is 16.7 Å². The first-order valence-corrected chi connectivity index (χ1v) is 8.73.